The van der Waals surface area contributed by atoms with Crippen molar-refractivity contribution >= 4 is 33.5 Å². The van der Waals surface area contributed by atoms with Crippen molar-refractivity contribution in [1.82, 2.24) is 0 Å². The normalized spacial score (nSPS) is 11.3. The summed E-state index contributed by atoms with van der Waals surface area (Å²) in [5.74, 6) is -2.15. The van der Waals surface area contributed by atoms with E-state index >= 15 is 0 Å². The van der Waals surface area contributed by atoms with Crippen LogP contribution in [0.2, 0.25) is 0 Å². The molecular weight excluding hydrogens is 695 g/mol. The van der Waals surface area contributed by atoms with Gasteiger partial charge in [-0.1, -0.05) is 164 Å². The minimum atomic E-state index is -1.20. The zero-order chi connectivity index (χ0) is 38.8. The number of nitrogens with zero attached hydrogens (tertiary/aromatic N) is 1. The van der Waals surface area contributed by atoms with E-state index < -0.39 is 11.9 Å². The Bertz CT molecular complexity index is 1030. The second-order valence-electron chi connectivity index (χ2n) is 15.1. The average molecular weight is 772 g/mol. The highest BCUT2D eigenvalue weighted by Crippen LogP contribution is 2.37. The highest BCUT2D eigenvalue weighted by atomic mass is 33.1. The molecule has 0 unspecified atom stereocenters. The highest BCUT2D eigenvalue weighted by Gasteiger charge is 2.25. The van der Waals surface area contributed by atoms with Crippen LogP contribution in [0, 0.1) is 0 Å². The first-order valence-electron chi connectivity index (χ1n) is 21.6. The molecule has 0 bridgehead atoms. The van der Waals surface area contributed by atoms with Gasteiger partial charge in [-0.3, -0.25) is 0 Å². The van der Waals surface area contributed by atoms with Gasteiger partial charge in [-0.05, 0) is 93.3 Å². The summed E-state index contributed by atoms with van der Waals surface area (Å²) in [4.78, 5) is 23.1. The molecule has 2 aromatic rings. The number of carboxylic acids is 2. The fourth-order valence-electron chi connectivity index (χ4n) is 6.98. The third-order valence-electron chi connectivity index (χ3n) is 10.4. The standard InChI is InChI=1S/C32H68N.C14H10O4S2/c1-5-9-13-17-21-25-29-33(30-26-22-18-14-10-6-2,31-27-23-19-15-11-7-3)32-28-24-20-16-12-8-4;15-13(16)9-1-5-11(6-2-9)19-20-12-7-3-10(4-8-12)14(17)18/h5-32H2,1-4H3;1-8H,(H,15,16)(H,17,18)/q+1;/p-1. The molecule has 0 amide bonds. The summed E-state index contributed by atoms with van der Waals surface area (Å²) in [6, 6.07) is 12.9. The van der Waals surface area contributed by atoms with Gasteiger partial charge >= 0.3 is 5.97 Å². The first-order valence-corrected chi connectivity index (χ1v) is 23.8. The summed E-state index contributed by atoms with van der Waals surface area (Å²) < 4.78 is 1.48. The highest BCUT2D eigenvalue weighted by molar-refractivity contribution is 8.76. The molecule has 2 aromatic carbocycles. The predicted molar refractivity (Wildman–Crippen MR) is 229 cm³/mol. The van der Waals surface area contributed by atoms with Crippen molar-refractivity contribution < 1.29 is 24.3 Å². The Morgan fingerprint density at radius 2 is 0.717 bits per heavy atom. The minimum Gasteiger partial charge on any atom is -0.545 e. The molecule has 0 aliphatic carbocycles. The Morgan fingerprint density at radius 1 is 0.453 bits per heavy atom. The lowest BCUT2D eigenvalue weighted by atomic mass is 10.0. The predicted octanol–water partition coefficient (Wildman–Crippen LogP) is 13.8. The number of benzene rings is 2. The molecule has 7 heteroatoms. The Labute approximate surface area is 333 Å². The number of carboxylic acid groups (broad SMARTS) is 2. The van der Waals surface area contributed by atoms with E-state index in [-0.39, 0.29) is 11.1 Å². The molecule has 0 aliphatic heterocycles. The molecule has 0 heterocycles. The van der Waals surface area contributed by atoms with E-state index in [2.05, 4.69) is 27.7 Å². The van der Waals surface area contributed by atoms with Crippen LogP contribution in [0.15, 0.2) is 58.3 Å². The largest absolute Gasteiger partial charge is 0.545 e. The molecule has 0 aromatic heterocycles. The minimum absolute atomic E-state index is 0.144. The van der Waals surface area contributed by atoms with E-state index in [4.69, 9.17) is 5.11 Å². The molecule has 0 spiro atoms. The van der Waals surface area contributed by atoms with Crippen molar-refractivity contribution in [1.29, 1.82) is 0 Å². The van der Waals surface area contributed by atoms with Crippen LogP contribution in [0.4, 0.5) is 0 Å². The van der Waals surface area contributed by atoms with Gasteiger partial charge in [-0.2, -0.15) is 0 Å². The lowest BCUT2D eigenvalue weighted by molar-refractivity contribution is -0.929. The SMILES string of the molecule is CCCCCCCC[N+](CCCCCCCC)(CCCCCCCC)CCCCCCCC.O=C([O-])c1ccc(SSc2ccc(C(=O)O)cc2)cc1. The van der Waals surface area contributed by atoms with Gasteiger partial charge in [0.25, 0.3) is 0 Å². The molecule has 0 saturated carbocycles. The number of quaternary nitrogens is 1. The van der Waals surface area contributed by atoms with Crippen LogP contribution >= 0.6 is 21.6 Å². The lowest BCUT2D eigenvalue weighted by Crippen LogP contribution is -2.50. The maximum Gasteiger partial charge on any atom is 0.335 e. The van der Waals surface area contributed by atoms with Gasteiger partial charge in [-0.25, -0.2) is 4.79 Å². The van der Waals surface area contributed by atoms with Crippen molar-refractivity contribution in [3.05, 3.63) is 59.7 Å². The van der Waals surface area contributed by atoms with E-state index in [1.165, 1.54) is 218 Å². The quantitative estimate of drug-likeness (QED) is 0.0442. The van der Waals surface area contributed by atoms with Gasteiger partial charge < -0.3 is 19.5 Å². The number of hydrogen-bond donors (Lipinski definition) is 1. The summed E-state index contributed by atoms with van der Waals surface area (Å²) in [5, 5.41) is 19.4. The lowest BCUT2D eigenvalue weighted by Gasteiger charge is -2.40. The number of aromatic carboxylic acids is 2. The Balaban J connectivity index is 0.000000593. The van der Waals surface area contributed by atoms with Gasteiger partial charge in [0.2, 0.25) is 0 Å². The van der Waals surface area contributed by atoms with Crippen LogP contribution in [0.5, 0.6) is 0 Å². The third-order valence-corrected chi connectivity index (χ3v) is 12.8. The van der Waals surface area contributed by atoms with Crippen molar-refractivity contribution in [3.63, 3.8) is 0 Å². The monoisotopic (exact) mass is 772 g/mol. The van der Waals surface area contributed by atoms with Crippen LogP contribution in [0.25, 0.3) is 0 Å². The van der Waals surface area contributed by atoms with Crippen LogP contribution in [-0.2, 0) is 0 Å². The van der Waals surface area contributed by atoms with Crippen molar-refractivity contribution in [2.75, 3.05) is 26.2 Å². The summed E-state index contributed by atoms with van der Waals surface area (Å²) in [6.45, 7) is 15.3. The average Bonchev–Trinajstić information content (AvgIpc) is 3.17. The smallest absolute Gasteiger partial charge is 0.335 e. The topological polar surface area (TPSA) is 77.4 Å². The molecule has 0 radical (unpaired) electrons. The van der Waals surface area contributed by atoms with Crippen LogP contribution in [0.3, 0.4) is 0 Å². The van der Waals surface area contributed by atoms with Crippen molar-refractivity contribution in [2.45, 2.75) is 192 Å². The molecule has 0 fully saturated rings. The third kappa shape index (κ3) is 25.7. The second-order valence-corrected chi connectivity index (χ2v) is 17.4. The van der Waals surface area contributed by atoms with Gasteiger partial charge in [0.05, 0.1) is 37.7 Å². The number of rotatable bonds is 33. The Morgan fingerprint density at radius 3 is 0.981 bits per heavy atom. The van der Waals surface area contributed by atoms with Crippen molar-refractivity contribution in [3.8, 4) is 0 Å². The number of unbranched alkanes of at least 4 members (excludes halogenated alkanes) is 20. The second kappa shape index (κ2) is 33.4. The first-order chi connectivity index (χ1) is 25.8. The van der Waals surface area contributed by atoms with E-state index in [0.29, 0.717) is 0 Å². The molecule has 53 heavy (non-hydrogen) atoms. The molecule has 0 atom stereocenters. The number of carbonyl (C=O) groups is 2. The number of hydrogen-bond acceptors (Lipinski definition) is 5. The Kier molecular flexibility index (Phi) is 30.9. The summed E-state index contributed by atoms with van der Waals surface area (Å²) in [6.07, 6.45) is 34.8. The molecule has 5 nitrogen and oxygen atoms in total. The molecule has 302 valence electrons. The molecular formula is C46H77NO4S2. The van der Waals surface area contributed by atoms with Gasteiger partial charge in [0.15, 0.2) is 0 Å². The van der Waals surface area contributed by atoms with Crippen molar-refractivity contribution in [2.24, 2.45) is 0 Å². The summed E-state index contributed by atoms with van der Waals surface area (Å²) in [7, 11) is 2.93. The number of carbonyl (C=O) groups excluding carboxylic acids is 1. The van der Waals surface area contributed by atoms with E-state index in [1.54, 1.807) is 36.4 Å². The van der Waals surface area contributed by atoms with Crippen LogP contribution < -0.4 is 5.11 Å². The molecule has 1 N–H and O–H groups in total. The molecule has 2 rings (SSSR count). The van der Waals surface area contributed by atoms with E-state index in [1.807, 2.05) is 0 Å². The maximum atomic E-state index is 10.7. The van der Waals surface area contributed by atoms with Gasteiger partial charge in [-0.15, -0.1) is 0 Å². The van der Waals surface area contributed by atoms with Gasteiger partial charge in [0.1, 0.15) is 0 Å². The first kappa shape index (κ1) is 49.1. The van der Waals surface area contributed by atoms with Gasteiger partial charge in [0, 0.05) is 9.79 Å². The molecule has 0 aliphatic rings. The zero-order valence-corrected chi connectivity index (χ0v) is 36.0. The Hall–Kier alpha value is -1.96. The van der Waals surface area contributed by atoms with E-state index in [9.17, 15) is 14.7 Å². The van der Waals surface area contributed by atoms with E-state index in [0.717, 1.165) is 9.79 Å². The molecule has 0 saturated heterocycles. The summed E-state index contributed by atoms with van der Waals surface area (Å²) in [5.41, 5.74) is 0.392. The fraction of sp³-hybridized carbons (Fsp3) is 0.696. The summed E-state index contributed by atoms with van der Waals surface area (Å²) >= 11 is 0. The fourth-order valence-corrected chi connectivity index (χ4v) is 8.91. The van der Waals surface area contributed by atoms with Crippen LogP contribution in [0.1, 0.15) is 203 Å². The zero-order valence-electron chi connectivity index (χ0n) is 34.4. The van der Waals surface area contributed by atoms with Crippen LogP contribution in [-0.4, -0.2) is 47.7 Å². The maximum absolute atomic E-state index is 10.7.